The van der Waals surface area contributed by atoms with Gasteiger partial charge < -0.3 is 9.47 Å². The number of nitrogens with zero attached hydrogens (tertiary/aromatic N) is 1. The van der Waals surface area contributed by atoms with E-state index >= 15 is 0 Å². The average Bonchev–Trinajstić information content (AvgIpc) is 3.34. The Balaban J connectivity index is 1.70. The Morgan fingerprint density at radius 2 is 1.76 bits per heavy atom. The van der Waals surface area contributed by atoms with Crippen molar-refractivity contribution in [1.29, 1.82) is 0 Å². The van der Waals surface area contributed by atoms with E-state index in [1.807, 2.05) is 19.1 Å². The van der Waals surface area contributed by atoms with Crippen LogP contribution in [-0.4, -0.2) is 24.2 Å². The Kier molecular flexibility index (Phi) is 7.59. The molecule has 2 aliphatic carbocycles. The van der Waals surface area contributed by atoms with Gasteiger partial charge >= 0.3 is 12.1 Å². The van der Waals surface area contributed by atoms with Gasteiger partial charge in [0.1, 0.15) is 5.82 Å². The third-order valence-electron chi connectivity index (χ3n) is 6.39. The standard InChI is InChI=1S/C27H23F6NO3/c1-14-6-7-24(37-13-16-10-22(29)23(30)11-21(16)28)19(8-14)18-5-3-4-17(18)15-9-20(26(35)36-2)25(34-12-15)27(31,32)33/h6,8-12,24H,3-5,7,13H2,1-2H3. The van der Waals surface area contributed by atoms with E-state index in [-0.39, 0.29) is 12.2 Å². The maximum Gasteiger partial charge on any atom is 0.434 e. The molecule has 1 unspecified atom stereocenters. The molecule has 2 aliphatic rings. The zero-order chi connectivity index (χ0) is 26.9. The van der Waals surface area contributed by atoms with Gasteiger partial charge in [-0.1, -0.05) is 17.7 Å². The predicted molar refractivity (Wildman–Crippen MR) is 123 cm³/mol. The number of carbonyl (C=O) groups is 1. The van der Waals surface area contributed by atoms with Crippen molar-refractivity contribution in [3.8, 4) is 0 Å². The number of ether oxygens (including phenoxy) is 2. The van der Waals surface area contributed by atoms with E-state index in [2.05, 4.69) is 9.72 Å². The summed E-state index contributed by atoms with van der Waals surface area (Å²) >= 11 is 0. The summed E-state index contributed by atoms with van der Waals surface area (Å²) in [6.07, 6.45) is 1.78. The fourth-order valence-electron chi connectivity index (χ4n) is 4.62. The normalized spacial score (nSPS) is 18.1. The summed E-state index contributed by atoms with van der Waals surface area (Å²) in [6, 6.07) is 2.35. The lowest BCUT2D eigenvalue weighted by Crippen LogP contribution is -2.20. The van der Waals surface area contributed by atoms with Crippen LogP contribution in [0.2, 0.25) is 0 Å². The summed E-state index contributed by atoms with van der Waals surface area (Å²) in [7, 11) is 0.995. The molecular weight excluding hydrogens is 500 g/mol. The molecule has 0 aliphatic heterocycles. The highest BCUT2D eigenvalue weighted by molar-refractivity contribution is 5.92. The minimum Gasteiger partial charge on any atom is -0.465 e. The number of aromatic nitrogens is 1. The van der Waals surface area contributed by atoms with Crippen LogP contribution in [0.25, 0.3) is 5.57 Å². The van der Waals surface area contributed by atoms with Gasteiger partial charge in [0, 0.05) is 17.8 Å². The van der Waals surface area contributed by atoms with Crippen molar-refractivity contribution in [1.82, 2.24) is 4.98 Å². The van der Waals surface area contributed by atoms with Gasteiger partial charge in [0.15, 0.2) is 17.3 Å². The number of carbonyl (C=O) groups excluding carboxylic acids is 1. The first-order valence-electron chi connectivity index (χ1n) is 11.5. The zero-order valence-electron chi connectivity index (χ0n) is 20.0. The van der Waals surface area contributed by atoms with Crippen molar-refractivity contribution in [3.63, 3.8) is 0 Å². The van der Waals surface area contributed by atoms with Gasteiger partial charge in [-0.25, -0.2) is 18.0 Å². The summed E-state index contributed by atoms with van der Waals surface area (Å²) in [5.74, 6) is -4.56. The number of benzene rings is 1. The lowest BCUT2D eigenvalue weighted by Gasteiger charge is -2.26. The number of halogens is 6. The van der Waals surface area contributed by atoms with Crippen LogP contribution >= 0.6 is 0 Å². The van der Waals surface area contributed by atoms with E-state index in [0.717, 1.165) is 47.7 Å². The Morgan fingerprint density at radius 1 is 1.05 bits per heavy atom. The Hall–Kier alpha value is -3.40. The lowest BCUT2D eigenvalue weighted by molar-refractivity contribution is -0.141. The van der Waals surface area contributed by atoms with Crippen LogP contribution in [0.3, 0.4) is 0 Å². The van der Waals surface area contributed by atoms with E-state index in [1.165, 1.54) is 0 Å². The number of methoxy groups -OCH3 is 1. The second-order valence-electron chi connectivity index (χ2n) is 8.86. The monoisotopic (exact) mass is 523 g/mol. The van der Waals surface area contributed by atoms with Crippen molar-refractivity contribution in [2.24, 2.45) is 0 Å². The molecule has 37 heavy (non-hydrogen) atoms. The Morgan fingerprint density at radius 3 is 2.46 bits per heavy atom. The van der Waals surface area contributed by atoms with Crippen LogP contribution in [-0.2, 0) is 22.3 Å². The molecular formula is C27H23F6NO3. The molecule has 10 heteroatoms. The van der Waals surface area contributed by atoms with Crippen molar-refractivity contribution >= 4 is 11.5 Å². The first-order chi connectivity index (χ1) is 17.5. The topological polar surface area (TPSA) is 48.4 Å². The number of esters is 1. The van der Waals surface area contributed by atoms with Crippen LogP contribution in [0.4, 0.5) is 26.3 Å². The molecule has 0 saturated carbocycles. The summed E-state index contributed by atoms with van der Waals surface area (Å²) in [5, 5.41) is 0. The predicted octanol–water partition coefficient (Wildman–Crippen LogP) is 7.10. The Bertz CT molecular complexity index is 1330. The molecule has 1 heterocycles. The number of rotatable bonds is 6. The van der Waals surface area contributed by atoms with Crippen LogP contribution in [0.1, 0.15) is 59.8 Å². The first-order valence-corrected chi connectivity index (χ1v) is 11.5. The van der Waals surface area contributed by atoms with Gasteiger partial charge in [-0.15, -0.1) is 0 Å². The smallest absolute Gasteiger partial charge is 0.434 e. The third kappa shape index (κ3) is 5.64. The summed E-state index contributed by atoms with van der Waals surface area (Å²) < 4.78 is 91.8. The van der Waals surface area contributed by atoms with Gasteiger partial charge in [-0.2, -0.15) is 13.2 Å². The molecule has 0 spiro atoms. The number of hydrogen-bond donors (Lipinski definition) is 0. The van der Waals surface area contributed by atoms with Crippen molar-refractivity contribution in [2.45, 2.75) is 51.5 Å². The molecule has 2 aromatic rings. The number of hydrogen-bond acceptors (Lipinski definition) is 4. The van der Waals surface area contributed by atoms with Crippen LogP contribution in [0.5, 0.6) is 0 Å². The van der Waals surface area contributed by atoms with Crippen LogP contribution in [0.15, 0.2) is 53.3 Å². The second-order valence-corrected chi connectivity index (χ2v) is 8.86. The minimum absolute atomic E-state index is 0.139. The SMILES string of the molecule is COC(=O)c1cc(C2=C(C3=CC(C)=CCC3OCc3cc(F)c(F)cc3F)CCC2)cnc1C(F)(F)F. The van der Waals surface area contributed by atoms with Gasteiger partial charge in [0.05, 0.1) is 25.4 Å². The zero-order valence-corrected chi connectivity index (χ0v) is 20.0. The maximum atomic E-state index is 14.1. The summed E-state index contributed by atoms with van der Waals surface area (Å²) in [4.78, 5) is 15.7. The highest BCUT2D eigenvalue weighted by Gasteiger charge is 2.38. The van der Waals surface area contributed by atoms with Gasteiger partial charge in [0.2, 0.25) is 0 Å². The van der Waals surface area contributed by atoms with E-state index < -0.39 is 47.0 Å². The van der Waals surface area contributed by atoms with Crippen molar-refractivity contribution in [3.05, 3.63) is 93.1 Å². The molecule has 0 fully saturated rings. The molecule has 0 radical (unpaired) electrons. The fraction of sp³-hybridized carbons (Fsp3) is 0.333. The average molecular weight is 523 g/mol. The van der Waals surface area contributed by atoms with Gasteiger partial charge in [0.25, 0.3) is 0 Å². The summed E-state index contributed by atoms with van der Waals surface area (Å²) in [6.45, 7) is 1.57. The van der Waals surface area contributed by atoms with E-state index in [0.29, 0.717) is 37.3 Å². The highest BCUT2D eigenvalue weighted by atomic mass is 19.4. The molecule has 0 N–H and O–H groups in total. The van der Waals surface area contributed by atoms with Crippen molar-refractivity contribution < 1.29 is 40.6 Å². The third-order valence-corrected chi connectivity index (χ3v) is 6.39. The first kappa shape index (κ1) is 26.7. The molecule has 0 bridgehead atoms. The molecule has 4 nitrogen and oxygen atoms in total. The van der Waals surface area contributed by atoms with E-state index in [1.54, 1.807) is 0 Å². The molecule has 1 aromatic carbocycles. The summed E-state index contributed by atoms with van der Waals surface area (Å²) in [5.41, 5.74) is 1.47. The molecule has 1 aromatic heterocycles. The molecule has 0 amide bonds. The molecule has 0 saturated heterocycles. The molecule has 1 atom stereocenters. The van der Waals surface area contributed by atoms with Crippen molar-refractivity contribution in [2.75, 3.05) is 7.11 Å². The number of allylic oxidation sites excluding steroid dienone is 3. The van der Waals surface area contributed by atoms with Crippen LogP contribution < -0.4 is 0 Å². The Labute approximate surface area is 209 Å². The lowest BCUT2D eigenvalue weighted by atomic mass is 9.88. The highest BCUT2D eigenvalue weighted by Crippen LogP contribution is 2.42. The van der Waals surface area contributed by atoms with Gasteiger partial charge in [-0.3, -0.25) is 4.98 Å². The van der Waals surface area contributed by atoms with Crippen LogP contribution in [0, 0.1) is 17.5 Å². The maximum absolute atomic E-state index is 14.1. The minimum atomic E-state index is -4.84. The molecule has 4 rings (SSSR count). The largest absolute Gasteiger partial charge is 0.465 e. The second kappa shape index (κ2) is 10.5. The van der Waals surface area contributed by atoms with Gasteiger partial charge in [-0.05, 0) is 67.0 Å². The van der Waals surface area contributed by atoms with E-state index in [4.69, 9.17) is 4.74 Å². The molecule has 196 valence electrons. The van der Waals surface area contributed by atoms with E-state index in [9.17, 15) is 31.1 Å². The quantitative estimate of drug-likeness (QED) is 0.230. The number of alkyl halides is 3. The number of pyridine rings is 1. The fourth-order valence-corrected chi connectivity index (χ4v) is 4.62.